The van der Waals surface area contributed by atoms with Crippen molar-refractivity contribution in [3.05, 3.63) is 36.5 Å². The summed E-state index contributed by atoms with van der Waals surface area (Å²) in [5.74, 6) is -0.245. The fourth-order valence-electron chi connectivity index (χ4n) is 11.0. The first-order valence-electron chi connectivity index (χ1n) is 33.2. The zero-order chi connectivity index (χ0) is 58.1. The molecule has 0 aromatic heterocycles. The van der Waals surface area contributed by atoms with Gasteiger partial charge in [0.25, 0.3) is 0 Å². The molecule has 80 heavy (non-hydrogen) atoms. The van der Waals surface area contributed by atoms with Gasteiger partial charge >= 0.3 is 0 Å². The van der Waals surface area contributed by atoms with E-state index in [2.05, 4.69) is 43.5 Å². The minimum atomic E-state index is -1.79. The Bertz CT molecular complexity index is 1480. The van der Waals surface area contributed by atoms with Crippen LogP contribution in [-0.2, 0) is 23.7 Å². The standard InChI is InChI=1S/C66H123NO13/c1-3-5-7-9-11-13-15-17-19-21-22-23-24-25-26-27-28-29-30-31-32-34-35-37-39-41-43-45-47-49-55(70)54(67-58(71)50-48-46-44-42-40-38-36-33-20-18-16-14-12-10-8-6-4-2)53-77-65-63(76)61(74)64(57(52-69)79-65)80-66-62(75)60(73)59(72)56(51-68)78-66/h12,14,18,20,47,49,54-57,59-66,68-70,72-76H,3-11,13,15-17,19,21-46,48,50-53H2,1-2H3,(H,67,71)/b14-12-,20-18-,49-47+. The maximum absolute atomic E-state index is 13.3. The maximum Gasteiger partial charge on any atom is 0.220 e. The van der Waals surface area contributed by atoms with Crippen molar-refractivity contribution in [2.75, 3.05) is 19.8 Å². The number of nitrogens with one attached hydrogen (secondary N) is 1. The van der Waals surface area contributed by atoms with Gasteiger partial charge in [-0.15, -0.1) is 0 Å². The summed E-state index contributed by atoms with van der Waals surface area (Å²) < 4.78 is 22.8. The van der Waals surface area contributed by atoms with Crippen LogP contribution in [0.5, 0.6) is 0 Å². The number of carbonyl (C=O) groups excluding carboxylic acids is 1. The van der Waals surface area contributed by atoms with Crippen molar-refractivity contribution >= 4 is 5.91 Å². The molecule has 2 heterocycles. The Hall–Kier alpha value is -1.79. The van der Waals surface area contributed by atoms with Crippen LogP contribution in [-0.4, -0.2) is 140 Å². The van der Waals surface area contributed by atoms with Gasteiger partial charge in [-0.2, -0.15) is 0 Å². The lowest BCUT2D eigenvalue weighted by Crippen LogP contribution is -2.65. The minimum Gasteiger partial charge on any atom is -0.394 e. The Morgan fingerprint density at radius 2 is 0.825 bits per heavy atom. The molecule has 2 aliphatic rings. The van der Waals surface area contributed by atoms with E-state index in [4.69, 9.17) is 18.9 Å². The highest BCUT2D eigenvalue weighted by Gasteiger charge is 2.51. The second kappa shape index (κ2) is 51.6. The van der Waals surface area contributed by atoms with Crippen molar-refractivity contribution in [3.63, 3.8) is 0 Å². The van der Waals surface area contributed by atoms with Crippen LogP contribution in [0.4, 0.5) is 0 Å². The van der Waals surface area contributed by atoms with Crippen molar-refractivity contribution in [3.8, 4) is 0 Å². The van der Waals surface area contributed by atoms with Crippen LogP contribution in [0, 0.1) is 0 Å². The quantitative estimate of drug-likeness (QED) is 0.0204. The molecule has 0 aromatic carbocycles. The van der Waals surface area contributed by atoms with E-state index < -0.39 is 86.8 Å². The lowest BCUT2D eigenvalue weighted by Gasteiger charge is -2.46. The first kappa shape index (κ1) is 74.3. The third-order valence-electron chi connectivity index (χ3n) is 16.3. The molecule has 0 spiro atoms. The van der Waals surface area contributed by atoms with Gasteiger partial charge in [0.15, 0.2) is 12.6 Å². The molecule has 1 amide bonds. The van der Waals surface area contributed by atoms with Gasteiger partial charge in [0, 0.05) is 6.42 Å². The van der Waals surface area contributed by atoms with E-state index in [1.807, 2.05) is 6.08 Å². The summed E-state index contributed by atoms with van der Waals surface area (Å²) in [5, 5.41) is 87.3. The number of allylic oxidation sites excluding steroid dienone is 5. The molecule has 2 rings (SSSR count). The normalized spacial score (nSPS) is 24.4. The highest BCUT2D eigenvalue weighted by molar-refractivity contribution is 5.76. The van der Waals surface area contributed by atoms with Crippen LogP contribution in [0.3, 0.4) is 0 Å². The second-order valence-electron chi connectivity index (χ2n) is 23.6. The number of unbranched alkanes of at least 4 members (excludes halogenated alkanes) is 37. The van der Waals surface area contributed by atoms with Gasteiger partial charge in [0.05, 0.1) is 32.0 Å². The fourth-order valence-corrected chi connectivity index (χ4v) is 11.0. The smallest absolute Gasteiger partial charge is 0.220 e. The van der Waals surface area contributed by atoms with E-state index in [0.29, 0.717) is 6.42 Å². The molecule has 14 nitrogen and oxygen atoms in total. The number of amides is 1. The summed E-state index contributed by atoms with van der Waals surface area (Å²) in [6, 6.07) is -0.919. The number of rotatable bonds is 54. The van der Waals surface area contributed by atoms with E-state index in [0.717, 1.165) is 57.8 Å². The summed E-state index contributed by atoms with van der Waals surface area (Å²) in [6.45, 7) is 2.80. The highest BCUT2D eigenvalue weighted by atomic mass is 16.7. The monoisotopic (exact) mass is 1140 g/mol. The van der Waals surface area contributed by atoms with Crippen LogP contribution in [0.25, 0.3) is 0 Å². The van der Waals surface area contributed by atoms with Crippen molar-refractivity contribution < 1.29 is 64.6 Å². The van der Waals surface area contributed by atoms with E-state index in [9.17, 15) is 45.6 Å². The van der Waals surface area contributed by atoms with Crippen LogP contribution in [0.1, 0.15) is 284 Å². The zero-order valence-electron chi connectivity index (χ0n) is 50.8. The van der Waals surface area contributed by atoms with Crippen LogP contribution in [0.2, 0.25) is 0 Å². The maximum atomic E-state index is 13.3. The Balaban J connectivity index is 1.69. The third-order valence-corrected chi connectivity index (χ3v) is 16.3. The Labute approximate surface area is 487 Å². The van der Waals surface area contributed by atoms with Gasteiger partial charge in [-0.25, -0.2) is 0 Å². The number of carbonyl (C=O) groups is 1. The van der Waals surface area contributed by atoms with E-state index in [1.54, 1.807) is 6.08 Å². The van der Waals surface area contributed by atoms with Crippen molar-refractivity contribution in [1.29, 1.82) is 0 Å². The fraction of sp³-hybridized carbons (Fsp3) is 0.894. The van der Waals surface area contributed by atoms with Crippen LogP contribution in [0.15, 0.2) is 36.5 Å². The predicted molar refractivity (Wildman–Crippen MR) is 323 cm³/mol. The molecule has 2 saturated heterocycles. The molecular weight excluding hydrogens is 1010 g/mol. The highest BCUT2D eigenvalue weighted by Crippen LogP contribution is 2.30. The van der Waals surface area contributed by atoms with E-state index in [1.165, 1.54) is 199 Å². The Morgan fingerprint density at radius 1 is 0.450 bits per heavy atom. The lowest BCUT2D eigenvalue weighted by molar-refractivity contribution is -0.359. The summed E-state index contributed by atoms with van der Waals surface area (Å²) in [5.41, 5.74) is 0. The molecule has 12 atom stereocenters. The molecule has 9 N–H and O–H groups in total. The number of aliphatic hydroxyl groups is 8. The Morgan fingerprint density at radius 3 is 1.27 bits per heavy atom. The van der Waals surface area contributed by atoms with Crippen molar-refractivity contribution in [2.24, 2.45) is 0 Å². The lowest BCUT2D eigenvalue weighted by atomic mass is 9.97. The second-order valence-corrected chi connectivity index (χ2v) is 23.6. The van der Waals surface area contributed by atoms with Gasteiger partial charge in [0.1, 0.15) is 48.8 Å². The molecule has 0 aromatic rings. The molecule has 470 valence electrons. The van der Waals surface area contributed by atoms with E-state index in [-0.39, 0.29) is 18.9 Å². The molecule has 0 bridgehead atoms. The molecule has 0 radical (unpaired) electrons. The van der Waals surface area contributed by atoms with Crippen molar-refractivity contribution in [2.45, 2.75) is 357 Å². The predicted octanol–water partition coefficient (Wildman–Crippen LogP) is 12.6. The van der Waals surface area contributed by atoms with Gasteiger partial charge in [-0.05, 0) is 51.4 Å². The van der Waals surface area contributed by atoms with Crippen LogP contribution < -0.4 is 5.32 Å². The summed E-state index contributed by atoms with van der Waals surface area (Å²) in [6.07, 6.45) is 47.7. The summed E-state index contributed by atoms with van der Waals surface area (Å²) >= 11 is 0. The number of hydrogen-bond acceptors (Lipinski definition) is 13. The topological polar surface area (TPSA) is 228 Å². The molecule has 12 unspecified atom stereocenters. The van der Waals surface area contributed by atoms with Gasteiger partial charge in [-0.3, -0.25) is 4.79 Å². The molecule has 2 aliphatic heterocycles. The van der Waals surface area contributed by atoms with Crippen LogP contribution >= 0.6 is 0 Å². The van der Waals surface area contributed by atoms with Gasteiger partial charge in [-0.1, -0.05) is 262 Å². The Kier molecular flexibility index (Phi) is 47.9. The van der Waals surface area contributed by atoms with Gasteiger partial charge in [0.2, 0.25) is 5.91 Å². The molecule has 14 heteroatoms. The molecular formula is C66H123NO13. The average molecular weight is 1140 g/mol. The molecule has 0 aliphatic carbocycles. The number of ether oxygens (including phenoxy) is 4. The average Bonchev–Trinajstić information content (AvgIpc) is 3.49. The molecule has 0 saturated carbocycles. The first-order valence-corrected chi connectivity index (χ1v) is 33.2. The largest absolute Gasteiger partial charge is 0.394 e. The third kappa shape index (κ3) is 36.1. The van der Waals surface area contributed by atoms with E-state index >= 15 is 0 Å². The SMILES string of the molecule is CCCCC/C=C\C/C=C\CCCCCCCCCC(=O)NC(COC1OC(CO)C(OC2OC(CO)C(O)C(O)C2O)C(O)C1O)C(O)/C=C/CCCCCCCCCCCCCCCCCCCCCCCCCCCCC. The first-order chi connectivity index (χ1) is 39.1. The van der Waals surface area contributed by atoms with Gasteiger partial charge < -0.3 is 65.1 Å². The number of hydrogen-bond donors (Lipinski definition) is 9. The summed E-state index contributed by atoms with van der Waals surface area (Å²) in [4.78, 5) is 13.3. The molecule has 2 fully saturated rings. The van der Waals surface area contributed by atoms with Crippen molar-refractivity contribution in [1.82, 2.24) is 5.32 Å². The summed E-state index contributed by atoms with van der Waals surface area (Å²) in [7, 11) is 0. The number of aliphatic hydroxyl groups excluding tert-OH is 8. The zero-order valence-corrected chi connectivity index (χ0v) is 50.8. The minimum absolute atomic E-state index is 0.245.